The number of ether oxygens (including phenoxy) is 1. The molecule has 1 aromatic rings. The van der Waals surface area contributed by atoms with E-state index in [2.05, 4.69) is 18.7 Å². The van der Waals surface area contributed by atoms with E-state index >= 15 is 0 Å². The van der Waals surface area contributed by atoms with Crippen LogP contribution < -0.4 is 4.74 Å². The molecule has 1 heterocycles. The highest BCUT2D eigenvalue weighted by atomic mass is 16.5. The Morgan fingerprint density at radius 3 is 2.38 bits per heavy atom. The summed E-state index contributed by atoms with van der Waals surface area (Å²) in [4.78, 5) is 2.43. The second kappa shape index (κ2) is 7.81. The second-order valence-corrected chi connectivity index (χ2v) is 6.23. The van der Waals surface area contributed by atoms with Crippen molar-refractivity contribution >= 4 is 0 Å². The van der Waals surface area contributed by atoms with Gasteiger partial charge in [-0.25, -0.2) is 0 Å². The number of benzene rings is 1. The summed E-state index contributed by atoms with van der Waals surface area (Å²) in [5.41, 5.74) is 0.971. The molecular formula is C18H29NO2. The van der Waals surface area contributed by atoms with Crippen LogP contribution in [0.2, 0.25) is 0 Å². The van der Waals surface area contributed by atoms with E-state index < -0.39 is 6.10 Å². The molecule has 1 aliphatic rings. The third-order valence-corrected chi connectivity index (χ3v) is 4.84. The molecule has 0 amide bonds. The molecular weight excluding hydrogens is 262 g/mol. The fourth-order valence-corrected chi connectivity index (χ4v) is 3.34. The van der Waals surface area contributed by atoms with Crippen molar-refractivity contribution in [3.05, 3.63) is 29.8 Å². The summed E-state index contributed by atoms with van der Waals surface area (Å²) >= 11 is 0. The van der Waals surface area contributed by atoms with Gasteiger partial charge in [-0.1, -0.05) is 31.9 Å². The Labute approximate surface area is 128 Å². The first-order valence-corrected chi connectivity index (χ1v) is 8.21. The van der Waals surface area contributed by atoms with Crippen LogP contribution >= 0.6 is 0 Å². The van der Waals surface area contributed by atoms with Crippen LogP contribution in [0.1, 0.15) is 51.2 Å². The number of methoxy groups -OCH3 is 1. The molecule has 0 saturated carbocycles. The smallest absolute Gasteiger partial charge is 0.118 e. The zero-order valence-electron chi connectivity index (χ0n) is 13.6. The predicted octanol–water partition coefficient (Wildman–Crippen LogP) is 3.63. The fraction of sp³-hybridized carbons (Fsp3) is 0.667. The first-order chi connectivity index (χ1) is 10.2. The normalized spacial score (nSPS) is 20.2. The topological polar surface area (TPSA) is 32.7 Å². The molecule has 0 aromatic heterocycles. The lowest BCUT2D eigenvalue weighted by Gasteiger charge is -2.38. The highest BCUT2D eigenvalue weighted by Crippen LogP contribution is 2.28. The predicted molar refractivity (Wildman–Crippen MR) is 86.6 cm³/mol. The summed E-state index contributed by atoms with van der Waals surface area (Å²) in [6.07, 6.45) is 4.75. The number of aliphatic hydroxyl groups excluding tert-OH is 1. The number of likely N-dealkylation sites (tertiary alicyclic amines) is 1. The van der Waals surface area contributed by atoms with E-state index in [1.807, 2.05) is 24.3 Å². The largest absolute Gasteiger partial charge is 0.497 e. The van der Waals surface area contributed by atoms with Gasteiger partial charge < -0.3 is 9.84 Å². The minimum atomic E-state index is -0.432. The Hall–Kier alpha value is -1.06. The molecule has 1 fully saturated rings. The average molecular weight is 291 g/mol. The van der Waals surface area contributed by atoms with Crippen molar-refractivity contribution in [1.82, 2.24) is 4.90 Å². The van der Waals surface area contributed by atoms with Crippen molar-refractivity contribution in [2.75, 3.05) is 20.2 Å². The van der Waals surface area contributed by atoms with E-state index in [1.54, 1.807) is 7.11 Å². The van der Waals surface area contributed by atoms with E-state index in [9.17, 15) is 5.11 Å². The average Bonchev–Trinajstić information content (AvgIpc) is 2.54. The van der Waals surface area contributed by atoms with E-state index in [4.69, 9.17) is 4.74 Å². The van der Waals surface area contributed by atoms with Crippen LogP contribution in [0.4, 0.5) is 0 Å². The summed E-state index contributed by atoms with van der Waals surface area (Å²) in [6.45, 7) is 6.62. The Morgan fingerprint density at radius 2 is 1.86 bits per heavy atom. The van der Waals surface area contributed by atoms with Crippen molar-refractivity contribution in [3.8, 4) is 5.75 Å². The molecule has 2 rings (SSSR count). The molecule has 1 saturated heterocycles. The molecule has 0 radical (unpaired) electrons. The van der Waals surface area contributed by atoms with Crippen molar-refractivity contribution < 1.29 is 9.84 Å². The third kappa shape index (κ3) is 4.21. The molecule has 1 N–H and O–H groups in total. The van der Waals surface area contributed by atoms with Gasteiger partial charge in [0.15, 0.2) is 0 Å². The Balaban J connectivity index is 1.91. The lowest BCUT2D eigenvalue weighted by atomic mass is 9.91. The summed E-state index contributed by atoms with van der Waals surface area (Å²) in [5.74, 6) is 1.72. The maximum atomic E-state index is 10.6. The first-order valence-electron chi connectivity index (χ1n) is 8.21. The van der Waals surface area contributed by atoms with Gasteiger partial charge in [0.25, 0.3) is 0 Å². The van der Waals surface area contributed by atoms with Crippen LogP contribution in [-0.2, 0) is 0 Å². The molecule has 1 aromatic carbocycles. The summed E-state index contributed by atoms with van der Waals surface area (Å²) in [7, 11) is 1.66. The molecule has 1 aliphatic heterocycles. The number of piperidine rings is 1. The number of aliphatic hydroxyl groups is 1. The maximum Gasteiger partial charge on any atom is 0.118 e. The molecule has 0 spiro atoms. The zero-order valence-corrected chi connectivity index (χ0v) is 13.6. The van der Waals surface area contributed by atoms with Crippen LogP contribution in [0.3, 0.4) is 0 Å². The van der Waals surface area contributed by atoms with E-state index in [-0.39, 0.29) is 6.04 Å². The van der Waals surface area contributed by atoms with E-state index in [0.717, 1.165) is 30.3 Å². The Morgan fingerprint density at radius 1 is 1.24 bits per heavy atom. The molecule has 3 heteroatoms. The summed E-state index contributed by atoms with van der Waals surface area (Å²) in [5, 5.41) is 10.6. The highest BCUT2D eigenvalue weighted by Gasteiger charge is 2.27. The summed E-state index contributed by atoms with van der Waals surface area (Å²) in [6, 6.07) is 7.92. The van der Waals surface area contributed by atoms with Crippen LogP contribution in [0.5, 0.6) is 5.75 Å². The van der Waals surface area contributed by atoms with Crippen LogP contribution in [0.25, 0.3) is 0 Å². The van der Waals surface area contributed by atoms with Gasteiger partial charge in [-0.05, 0) is 56.5 Å². The van der Waals surface area contributed by atoms with Crippen molar-refractivity contribution in [1.29, 1.82) is 0 Å². The van der Waals surface area contributed by atoms with Gasteiger partial charge in [-0.2, -0.15) is 0 Å². The van der Waals surface area contributed by atoms with Crippen molar-refractivity contribution in [3.63, 3.8) is 0 Å². The van der Waals surface area contributed by atoms with Gasteiger partial charge in [0.05, 0.1) is 13.2 Å². The maximum absolute atomic E-state index is 10.6. The van der Waals surface area contributed by atoms with Gasteiger partial charge in [-0.15, -0.1) is 0 Å². The lowest BCUT2D eigenvalue weighted by molar-refractivity contribution is 0.0363. The van der Waals surface area contributed by atoms with E-state index in [0.29, 0.717) is 0 Å². The van der Waals surface area contributed by atoms with Crippen LogP contribution in [-0.4, -0.2) is 36.2 Å². The SMILES string of the molecule is CCCC1CCN(C(C)C(O)c2ccc(OC)cc2)CC1. The molecule has 0 bridgehead atoms. The Kier molecular flexibility index (Phi) is 6.07. The van der Waals surface area contributed by atoms with Crippen molar-refractivity contribution in [2.45, 2.75) is 51.7 Å². The van der Waals surface area contributed by atoms with Gasteiger partial charge in [-0.3, -0.25) is 4.90 Å². The zero-order chi connectivity index (χ0) is 15.2. The number of hydrogen-bond donors (Lipinski definition) is 1. The van der Waals surface area contributed by atoms with Gasteiger partial charge in [0, 0.05) is 6.04 Å². The van der Waals surface area contributed by atoms with Gasteiger partial charge in [0.2, 0.25) is 0 Å². The summed E-state index contributed by atoms with van der Waals surface area (Å²) < 4.78 is 5.17. The molecule has 0 aliphatic carbocycles. The minimum Gasteiger partial charge on any atom is -0.497 e. The number of nitrogens with zero attached hydrogens (tertiary/aromatic N) is 1. The molecule has 3 nitrogen and oxygen atoms in total. The third-order valence-electron chi connectivity index (χ3n) is 4.84. The quantitative estimate of drug-likeness (QED) is 0.868. The molecule has 118 valence electrons. The number of rotatable bonds is 6. The lowest BCUT2D eigenvalue weighted by Crippen LogP contribution is -2.42. The second-order valence-electron chi connectivity index (χ2n) is 6.23. The highest BCUT2D eigenvalue weighted by molar-refractivity contribution is 5.29. The van der Waals surface area contributed by atoms with Crippen molar-refractivity contribution in [2.24, 2.45) is 5.92 Å². The monoisotopic (exact) mass is 291 g/mol. The van der Waals surface area contributed by atoms with Gasteiger partial charge in [0.1, 0.15) is 5.75 Å². The standard InChI is InChI=1S/C18H29NO2/c1-4-5-15-10-12-19(13-11-15)14(2)18(20)16-6-8-17(21-3)9-7-16/h6-9,14-15,18,20H,4-5,10-13H2,1-3H3. The molecule has 2 atom stereocenters. The van der Waals surface area contributed by atoms with E-state index in [1.165, 1.54) is 25.7 Å². The first kappa shape index (κ1) is 16.3. The number of hydrogen-bond acceptors (Lipinski definition) is 3. The Bertz CT molecular complexity index is 410. The van der Waals surface area contributed by atoms with Gasteiger partial charge >= 0.3 is 0 Å². The molecule has 21 heavy (non-hydrogen) atoms. The molecule has 2 unspecified atom stereocenters. The van der Waals surface area contributed by atoms with Crippen LogP contribution in [0.15, 0.2) is 24.3 Å². The fourth-order valence-electron chi connectivity index (χ4n) is 3.34. The van der Waals surface area contributed by atoms with Crippen LogP contribution in [0, 0.1) is 5.92 Å². The minimum absolute atomic E-state index is 0.168.